The quantitative estimate of drug-likeness (QED) is 0.0371. The Morgan fingerprint density at radius 1 is 0.628 bits per heavy atom. The Hall–Kier alpha value is -0.990. The van der Waals surface area contributed by atoms with E-state index in [1.165, 1.54) is 103 Å². The lowest BCUT2D eigenvalue weighted by Gasteiger charge is -2.15. The minimum atomic E-state index is -4.39. The molecule has 0 aromatic heterocycles. The van der Waals surface area contributed by atoms with Crippen LogP contribution in [-0.2, 0) is 27.9 Å². The standard InChI is InChI=1S/C33H66NO8P/c1-3-5-7-9-11-13-14-15-16-18-20-22-24-26-33(37)40-29-31(35)30-42-43(38,39)41-28-27-34-32(36)25-23-21-19-17-12-10-8-6-4-2/h31,35H,3-30H2,1-2H3,(H,34,36)(H,38,39). The zero-order chi connectivity index (χ0) is 31.9. The van der Waals surface area contributed by atoms with Crippen molar-refractivity contribution in [2.24, 2.45) is 0 Å². The summed E-state index contributed by atoms with van der Waals surface area (Å²) in [5.41, 5.74) is 0. The van der Waals surface area contributed by atoms with Gasteiger partial charge in [-0.1, -0.05) is 142 Å². The van der Waals surface area contributed by atoms with Crippen LogP contribution in [0.5, 0.6) is 0 Å². The number of amides is 1. The first-order valence-corrected chi connectivity index (χ1v) is 19.0. The first-order valence-electron chi connectivity index (χ1n) is 17.5. The maximum atomic E-state index is 12.0. The third kappa shape index (κ3) is 32.2. The summed E-state index contributed by atoms with van der Waals surface area (Å²) in [6, 6.07) is 0. The van der Waals surface area contributed by atoms with Gasteiger partial charge in [0, 0.05) is 19.4 Å². The minimum Gasteiger partial charge on any atom is -0.463 e. The van der Waals surface area contributed by atoms with Crippen LogP contribution in [0.3, 0.4) is 0 Å². The number of carbonyl (C=O) groups excluding carboxylic acids is 2. The molecule has 0 aliphatic carbocycles. The molecule has 0 aromatic carbocycles. The van der Waals surface area contributed by atoms with E-state index in [1.54, 1.807) is 0 Å². The molecular formula is C33H66NO8P. The molecule has 0 bridgehead atoms. The van der Waals surface area contributed by atoms with Crippen LogP contribution in [-0.4, -0.2) is 54.3 Å². The van der Waals surface area contributed by atoms with Crippen molar-refractivity contribution in [1.29, 1.82) is 0 Å². The highest BCUT2D eigenvalue weighted by molar-refractivity contribution is 7.47. The van der Waals surface area contributed by atoms with Crippen molar-refractivity contribution in [2.75, 3.05) is 26.4 Å². The average Bonchev–Trinajstić information content (AvgIpc) is 2.98. The number of ether oxygens (including phenoxy) is 1. The van der Waals surface area contributed by atoms with Gasteiger partial charge in [-0.25, -0.2) is 4.57 Å². The van der Waals surface area contributed by atoms with Gasteiger partial charge in [-0.2, -0.15) is 0 Å². The molecule has 0 saturated heterocycles. The maximum absolute atomic E-state index is 12.0. The molecule has 0 saturated carbocycles. The van der Waals surface area contributed by atoms with Gasteiger partial charge in [-0.3, -0.25) is 18.6 Å². The van der Waals surface area contributed by atoms with Crippen LogP contribution < -0.4 is 5.32 Å². The van der Waals surface area contributed by atoms with Crippen molar-refractivity contribution >= 4 is 19.7 Å². The Kier molecular flexibility index (Phi) is 30.3. The fraction of sp³-hybridized carbons (Fsp3) is 0.939. The molecule has 2 unspecified atom stereocenters. The van der Waals surface area contributed by atoms with E-state index in [9.17, 15) is 24.2 Å². The topological polar surface area (TPSA) is 131 Å². The van der Waals surface area contributed by atoms with Crippen LogP contribution >= 0.6 is 7.82 Å². The van der Waals surface area contributed by atoms with Crippen LogP contribution in [0.4, 0.5) is 0 Å². The van der Waals surface area contributed by atoms with Crippen molar-refractivity contribution in [2.45, 2.75) is 174 Å². The van der Waals surface area contributed by atoms with Crippen molar-refractivity contribution in [3.63, 3.8) is 0 Å². The molecule has 9 nitrogen and oxygen atoms in total. The summed E-state index contributed by atoms with van der Waals surface area (Å²) in [6.07, 6.45) is 26.0. The van der Waals surface area contributed by atoms with E-state index in [0.29, 0.717) is 6.42 Å². The van der Waals surface area contributed by atoms with Crippen LogP contribution in [0.2, 0.25) is 0 Å². The molecule has 0 aromatic rings. The number of rotatable bonds is 33. The van der Waals surface area contributed by atoms with E-state index in [-0.39, 0.29) is 32.1 Å². The summed E-state index contributed by atoms with van der Waals surface area (Å²) in [4.78, 5) is 33.6. The van der Waals surface area contributed by atoms with Crippen LogP contribution in [0.15, 0.2) is 0 Å². The SMILES string of the molecule is CCCCCCCCCCCCCCCC(=O)OCC(O)COP(=O)(O)OCCNC(=O)CCCCCCCCCCC. The molecule has 0 rings (SSSR count). The summed E-state index contributed by atoms with van der Waals surface area (Å²) in [5, 5.41) is 12.6. The lowest BCUT2D eigenvalue weighted by Crippen LogP contribution is -2.27. The fourth-order valence-electron chi connectivity index (χ4n) is 4.85. The predicted octanol–water partition coefficient (Wildman–Crippen LogP) is 8.54. The monoisotopic (exact) mass is 635 g/mol. The highest BCUT2D eigenvalue weighted by Gasteiger charge is 2.23. The van der Waals surface area contributed by atoms with Gasteiger partial charge in [0.05, 0.1) is 13.2 Å². The lowest BCUT2D eigenvalue weighted by molar-refractivity contribution is -0.147. The third-order valence-corrected chi connectivity index (χ3v) is 8.52. The molecule has 256 valence electrons. The highest BCUT2D eigenvalue weighted by atomic mass is 31.2. The van der Waals surface area contributed by atoms with Crippen LogP contribution in [0, 0.1) is 0 Å². The largest absolute Gasteiger partial charge is 0.472 e. The van der Waals surface area contributed by atoms with Gasteiger partial charge < -0.3 is 20.1 Å². The first-order chi connectivity index (χ1) is 20.8. The number of unbranched alkanes of at least 4 members (excludes halogenated alkanes) is 20. The van der Waals surface area contributed by atoms with E-state index in [2.05, 4.69) is 19.2 Å². The lowest BCUT2D eigenvalue weighted by atomic mass is 10.0. The van der Waals surface area contributed by atoms with Gasteiger partial charge in [-0.15, -0.1) is 0 Å². The van der Waals surface area contributed by atoms with Crippen LogP contribution in [0.1, 0.15) is 168 Å². The Morgan fingerprint density at radius 3 is 1.51 bits per heavy atom. The summed E-state index contributed by atoms with van der Waals surface area (Å²) in [6.45, 7) is 3.53. The van der Waals surface area contributed by atoms with Gasteiger partial charge in [0.2, 0.25) is 5.91 Å². The number of nitrogens with one attached hydrogen (secondary N) is 1. The minimum absolute atomic E-state index is 0.0868. The molecular weight excluding hydrogens is 569 g/mol. The number of hydrogen-bond acceptors (Lipinski definition) is 7. The van der Waals surface area contributed by atoms with E-state index < -0.39 is 26.5 Å². The smallest absolute Gasteiger partial charge is 0.463 e. The van der Waals surface area contributed by atoms with Crippen molar-refractivity contribution < 1.29 is 37.9 Å². The summed E-state index contributed by atoms with van der Waals surface area (Å²) in [5.74, 6) is -0.514. The number of aliphatic hydroxyl groups excluding tert-OH is 1. The van der Waals surface area contributed by atoms with Gasteiger partial charge in [0.15, 0.2) is 0 Å². The van der Waals surface area contributed by atoms with Crippen molar-refractivity contribution in [3.8, 4) is 0 Å². The second-order valence-electron chi connectivity index (χ2n) is 11.9. The Balaban J connectivity index is 3.62. The summed E-state index contributed by atoms with van der Waals surface area (Å²) >= 11 is 0. The molecule has 0 fully saturated rings. The molecule has 10 heteroatoms. The van der Waals surface area contributed by atoms with Crippen molar-refractivity contribution in [1.82, 2.24) is 5.32 Å². The van der Waals surface area contributed by atoms with E-state index in [1.807, 2.05) is 0 Å². The molecule has 1 amide bonds. The van der Waals surface area contributed by atoms with E-state index in [4.69, 9.17) is 13.8 Å². The Morgan fingerprint density at radius 2 is 1.05 bits per heavy atom. The maximum Gasteiger partial charge on any atom is 0.472 e. The predicted molar refractivity (Wildman–Crippen MR) is 174 cm³/mol. The Bertz CT molecular complexity index is 694. The molecule has 43 heavy (non-hydrogen) atoms. The molecule has 0 aliphatic heterocycles. The van der Waals surface area contributed by atoms with E-state index >= 15 is 0 Å². The van der Waals surface area contributed by atoms with Crippen LogP contribution in [0.25, 0.3) is 0 Å². The van der Waals surface area contributed by atoms with Crippen molar-refractivity contribution in [3.05, 3.63) is 0 Å². The fourth-order valence-corrected chi connectivity index (χ4v) is 5.61. The molecule has 0 spiro atoms. The molecule has 0 radical (unpaired) electrons. The van der Waals surface area contributed by atoms with Gasteiger partial charge >= 0.3 is 13.8 Å². The number of phosphoric acid groups is 1. The van der Waals surface area contributed by atoms with Gasteiger partial charge in [0.25, 0.3) is 0 Å². The van der Waals surface area contributed by atoms with Gasteiger partial charge in [-0.05, 0) is 12.8 Å². The Labute approximate surface area is 263 Å². The molecule has 0 heterocycles. The second-order valence-corrected chi connectivity index (χ2v) is 13.3. The highest BCUT2D eigenvalue weighted by Crippen LogP contribution is 2.42. The number of hydrogen-bond donors (Lipinski definition) is 3. The average molecular weight is 636 g/mol. The number of aliphatic hydroxyl groups is 1. The summed E-state index contributed by atoms with van der Waals surface area (Å²) < 4.78 is 26.7. The van der Waals surface area contributed by atoms with Gasteiger partial charge in [0.1, 0.15) is 12.7 Å². The number of esters is 1. The third-order valence-electron chi connectivity index (χ3n) is 7.54. The molecule has 2 atom stereocenters. The van der Waals surface area contributed by atoms with E-state index in [0.717, 1.165) is 38.5 Å². The first kappa shape index (κ1) is 42.0. The normalized spacial score (nSPS) is 13.5. The zero-order valence-corrected chi connectivity index (χ0v) is 28.6. The zero-order valence-electron chi connectivity index (χ0n) is 27.7. The number of carbonyl (C=O) groups is 2. The second kappa shape index (κ2) is 31.0. The summed E-state index contributed by atoms with van der Waals surface area (Å²) in [7, 11) is -4.39. The molecule has 3 N–H and O–H groups in total. The number of phosphoric ester groups is 1. The molecule has 0 aliphatic rings.